The van der Waals surface area contributed by atoms with E-state index in [1.54, 1.807) is 4.90 Å². The maximum absolute atomic E-state index is 11.9. The molecule has 0 atom stereocenters. The number of hydrogen-bond donors (Lipinski definition) is 1. The standard InChI is InChI=1S/C10H13N3O5S/c14-10(9-5-8(6-11-9)13(15)16)7-12-1-3-19(17,18)4-2-12/h5-6,11H,1-4,7H2. The van der Waals surface area contributed by atoms with Crippen LogP contribution in [0.15, 0.2) is 12.3 Å². The number of ketones is 1. The van der Waals surface area contributed by atoms with Crippen LogP contribution in [0.25, 0.3) is 0 Å². The first-order chi connectivity index (χ1) is 8.87. The van der Waals surface area contributed by atoms with Crippen molar-refractivity contribution in [1.82, 2.24) is 9.88 Å². The van der Waals surface area contributed by atoms with E-state index >= 15 is 0 Å². The average Bonchev–Trinajstić information content (AvgIpc) is 2.81. The lowest BCUT2D eigenvalue weighted by molar-refractivity contribution is -0.384. The first kappa shape index (κ1) is 13.7. The van der Waals surface area contributed by atoms with Crippen molar-refractivity contribution in [2.45, 2.75) is 0 Å². The van der Waals surface area contributed by atoms with Gasteiger partial charge < -0.3 is 4.98 Å². The molecule has 104 valence electrons. The number of H-pyrrole nitrogens is 1. The number of sulfone groups is 1. The Morgan fingerprint density at radius 3 is 2.58 bits per heavy atom. The van der Waals surface area contributed by atoms with E-state index in [1.165, 1.54) is 6.07 Å². The van der Waals surface area contributed by atoms with Crippen LogP contribution in [0.2, 0.25) is 0 Å². The normalized spacial score (nSPS) is 19.2. The van der Waals surface area contributed by atoms with Gasteiger partial charge in [0, 0.05) is 19.2 Å². The van der Waals surface area contributed by atoms with Gasteiger partial charge in [0.15, 0.2) is 15.6 Å². The average molecular weight is 287 g/mol. The molecule has 2 rings (SSSR count). The Hall–Kier alpha value is -1.74. The molecular weight excluding hydrogens is 274 g/mol. The van der Waals surface area contributed by atoms with Crippen LogP contribution in [0.4, 0.5) is 5.69 Å². The predicted molar refractivity (Wildman–Crippen MR) is 66.9 cm³/mol. The van der Waals surface area contributed by atoms with E-state index in [-0.39, 0.29) is 35.2 Å². The van der Waals surface area contributed by atoms with Crippen molar-refractivity contribution in [3.05, 3.63) is 28.1 Å². The third-order valence-corrected chi connectivity index (χ3v) is 4.59. The van der Waals surface area contributed by atoms with Crippen molar-refractivity contribution in [3.8, 4) is 0 Å². The molecule has 0 saturated carbocycles. The molecule has 0 aliphatic carbocycles. The van der Waals surface area contributed by atoms with Gasteiger partial charge in [0.25, 0.3) is 5.69 Å². The van der Waals surface area contributed by atoms with E-state index < -0.39 is 14.8 Å². The van der Waals surface area contributed by atoms with E-state index in [9.17, 15) is 23.3 Å². The molecule has 9 heteroatoms. The van der Waals surface area contributed by atoms with Crippen LogP contribution in [0, 0.1) is 10.1 Å². The number of carbonyl (C=O) groups excluding carboxylic acids is 1. The number of carbonyl (C=O) groups is 1. The molecule has 19 heavy (non-hydrogen) atoms. The van der Waals surface area contributed by atoms with Gasteiger partial charge in [-0.05, 0) is 0 Å². The number of aromatic amines is 1. The molecule has 0 bridgehead atoms. The SMILES string of the molecule is O=C(CN1CCS(=O)(=O)CC1)c1cc([N+](=O)[O-])c[nH]1. The van der Waals surface area contributed by atoms with Gasteiger partial charge in [-0.2, -0.15) is 0 Å². The fourth-order valence-corrected chi connectivity index (χ4v) is 3.12. The quantitative estimate of drug-likeness (QED) is 0.467. The lowest BCUT2D eigenvalue weighted by Gasteiger charge is -2.25. The zero-order chi connectivity index (χ0) is 14.0. The van der Waals surface area contributed by atoms with Crippen molar-refractivity contribution >= 4 is 21.3 Å². The largest absolute Gasteiger partial charge is 0.353 e. The highest BCUT2D eigenvalue weighted by Crippen LogP contribution is 2.13. The Morgan fingerprint density at radius 2 is 2.05 bits per heavy atom. The Bertz CT molecular complexity index is 592. The summed E-state index contributed by atoms with van der Waals surface area (Å²) in [6.07, 6.45) is 1.16. The van der Waals surface area contributed by atoms with Crippen LogP contribution in [0.1, 0.15) is 10.5 Å². The molecule has 0 unspecified atom stereocenters. The van der Waals surface area contributed by atoms with Gasteiger partial charge in [-0.25, -0.2) is 8.42 Å². The van der Waals surface area contributed by atoms with Crippen molar-refractivity contribution in [3.63, 3.8) is 0 Å². The number of nitrogens with one attached hydrogen (secondary N) is 1. The summed E-state index contributed by atoms with van der Waals surface area (Å²) < 4.78 is 22.5. The maximum Gasteiger partial charge on any atom is 0.287 e. The summed E-state index contributed by atoms with van der Waals surface area (Å²) in [4.78, 5) is 26.1. The van der Waals surface area contributed by atoms with Gasteiger partial charge in [-0.1, -0.05) is 0 Å². The van der Waals surface area contributed by atoms with E-state index in [0.29, 0.717) is 13.1 Å². The van der Waals surface area contributed by atoms with Crippen LogP contribution >= 0.6 is 0 Å². The summed E-state index contributed by atoms with van der Waals surface area (Å²) >= 11 is 0. The van der Waals surface area contributed by atoms with Crippen LogP contribution < -0.4 is 0 Å². The number of nitrogens with zero attached hydrogens (tertiary/aromatic N) is 2. The molecule has 1 aliphatic rings. The highest BCUT2D eigenvalue weighted by atomic mass is 32.2. The number of hydrogen-bond acceptors (Lipinski definition) is 6. The highest BCUT2D eigenvalue weighted by molar-refractivity contribution is 7.91. The number of nitro groups is 1. The molecule has 0 aromatic carbocycles. The van der Waals surface area contributed by atoms with E-state index in [2.05, 4.69) is 4.98 Å². The summed E-state index contributed by atoms with van der Waals surface area (Å²) in [5, 5.41) is 10.5. The molecular formula is C10H13N3O5S. The summed E-state index contributed by atoms with van der Waals surface area (Å²) in [5.74, 6) is -0.191. The second-order valence-corrected chi connectivity index (χ2v) is 6.68. The van der Waals surface area contributed by atoms with E-state index in [4.69, 9.17) is 0 Å². The first-order valence-corrected chi connectivity index (χ1v) is 7.48. The smallest absolute Gasteiger partial charge is 0.287 e. The third-order valence-electron chi connectivity index (χ3n) is 2.98. The second-order valence-electron chi connectivity index (χ2n) is 4.38. The Balaban J connectivity index is 1.96. The number of Topliss-reactive ketones (excluding diaryl/α,β-unsaturated/α-hetero) is 1. The van der Waals surface area contributed by atoms with Gasteiger partial charge in [0.05, 0.1) is 34.9 Å². The van der Waals surface area contributed by atoms with Crippen molar-refractivity contribution < 1.29 is 18.1 Å². The third kappa shape index (κ3) is 3.38. The van der Waals surface area contributed by atoms with Gasteiger partial charge in [-0.3, -0.25) is 19.8 Å². The van der Waals surface area contributed by atoms with E-state index in [0.717, 1.165) is 6.20 Å². The zero-order valence-electron chi connectivity index (χ0n) is 10.0. The summed E-state index contributed by atoms with van der Waals surface area (Å²) in [6.45, 7) is 0.695. The van der Waals surface area contributed by atoms with Crippen molar-refractivity contribution in [1.29, 1.82) is 0 Å². The van der Waals surface area contributed by atoms with Gasteiger partial charge in [0.2, 0.25) is 0 Å². The highest BCUT2D eigenvalue weighted by Gasteiger charge is 2.24. The minimum Gasteiger partial charge on any atom is -0.353 e. The lowest BCUT2D eigenvalue weighted by Crippen LogP contribution is -2.42. The summed E-state index contributed by atoms with van der Waals surface area (Å²) in [7, 11) is -2.97. The lowest BCUT2D eigenvalue weighted by atomic mass is 10.2. The number of aromatic nitrogens is 1. The number of rotatable bonds is 4. The minimum atomic E-state index is -2.97. The van der Waals surface area contributed by atoms with Crippen LogP contribution in [0.3, 0.4) is 0 Å². The monoisotopic (exact) mass is 287 g/mol. The van der Waals surface area contributed by atoms with Gasteiger partial charge in [0.1, 0.15) is 0 Å². The van der Waals surface area contributed by atoms with Crippen LogP contribution in [-0.2, 0) is 9.84 Å². The Kier molecular flexibility index (Phi) is 3.67. The molecule has 1 aromatic rings. The first-order valence-electron chi connectivity index (χ1n) is 5.66. The molecule has 2 heterocycles. The molecule has 1 aliphatic heterocycles. The fraction of sp³-hybridized carbons (Fsp3) is 0.500. The van der Waals surface area contributed by atoms with Crippen molar-refractivity contribution in [2.24, 2.45) is 0 Å². The molecule has 1 saturated heterocycles. The predicted octanol–water partition coefficient (Wildman–Crippen LogP) is -0.164. The minimum absolute atomic E-state index is 0.0468. The fourth-order valence-electron chi connectivity index (χ4n) is 1.85. The molecule has 1 fully saturated rings. The van der Waals surface area contributed by atoms with Gasteiger partial charge >= 0.3 is 0 Å². The topological polar surface area (TPSA) is 113 Å². The molecule has 0 amide bonds. The van der Waals surface area contributed by atoms with E-state index in [1.807, 2.05) is 0 Å². The zero-order valence-corrected chi connectivity index (χ0v) is 10.9. The van der Waals surface area contributed by atoms with Crippen molar-refractivity contribution in [2.75, 3.05) is 31.1 Å². The molecule has 0 spiro atoms. The molecule has 1 N–H and O–H groups in total. The molecule has 0 radical (unpaired) electrons. The molecule has 8 nitrogen and oxygen atoms in total. The summed E-state index contributed by atoms with van der Waals surface area (Å²) in [6, 6.07) is 1.18. The van der Waals surface area contributed by atoms with Crippen LogP contribution in [0.5, 0.6) is 0 Å². The Morgan fingerprint density at radius 1 is 1.42 bits per heavy atom. The Labute approximate surface area is 109 Å². The second kappa shape index (κ2) is 5.10. The van der Waals surface area contributed by atoms with Crippen LogP contribution in [-0.4, -0.2) is 60.1 Å². The maximum atomic E-state index is 11.9. The van der Waals surface area contributed by atoms with Gasteiger partial charge in [-0.15, -0.1) is 0 Å². The summed E-state index contributed by atoms with van der Waals surface area (Å²) in [5.41, 5.74) is 0.00435. The molecule has 1 aromatic heterocycles.